The topological polar surface area (TPSA) is 32.3 Å². The molecule has 1 aliphatic carbocycles. The first-order chi connectivity index (χ1) is 8.39. The minimum Gasteiger partial charge on any atom is -0.389 e. The Morgan fingerprint density at radius 3 is 2.56 bits per heavy atom. The monoisotopic (exact) mass is 287 g/mol. The van der Waals surface area contributed by atoms with Crippen LogP contribution < -0.4 is 5.32 Å². The van der Waals surface area contributed by atoms with Crippen molar-refractivity contribution in [2.45, 2.75) is 51.7 Å². The van der Waals surface area contributed by atoms with Crippen molar-refractivity contribution < 1.29 is 5.11 Å². The Bertz CT molecular complexity index is 392. The molecule has 0 bridgehead atoms. The quantitative estimate of drug-likeness (QED) is 0.882. The van der Waals surface area contributed by atoms with E-state index in [0.717, 1.165) is 37.3 Å². The van der Waals surface area contributed by atoms with E-state index in [1.165, 1.54) is 4.88 Å². The number of halogens is 1. The molecular weight excluding hydrogens is 266 g/mol. The molecule has 0 radical (unpaired) electrons. The Balaban J connectivity index is 1.76. The van der Waals surface area contributed by atoms with E-state index in [0.29, 0.717) is 12.0 Å². The maximum absolute atomic E-state index is 10.5. The van der Waals surface area contributed by atoms with Crippen LogP contribution >= 0.6 is 22.9 Å². The fourth-order valence-electron chi connectivity index (χ4n) is 2.43. The third-order valence-electron chi connectivity index (χ3n) is 3.91. The predicted molar refractivity (Wildman–Crippen MR) is 78.2 cm³/mol. The largest absolute Gasteiger partial charge is 0.389 e. The Kier molecular flexibility index (Phi) is 4.37. The van der Waals surface area contributed by atoms with Crippen molar-refractivity contribution in [3.63, 3.8) is 0 Å². The second-order valence-corrected chi connectivity index (χ2v) is 7.66. The van der Waals surface area contributed by atoms with Gasteiger partial charge in [0.25, 0.3) is 0 Å². The van der Waals surface area contributed by atoms with Crippen molar-refractivity contribution in [2.24, 2.45) is 5.41 Å². The smallest absolute Gasteiger partial charge is 0.0772 e. The molecule has 18 heavy (non-hydrogen) atoms. The van der Waals surface area contributed by atoms with Crippen LogP contribution in [-0.2, 0) is 6.54 Å². The van der Waals surface area contributed by atoms with Crippen molar-refractivity contribution >= 4 is 22.9 Å². The van der Waals surface area contributed by atoms with Crippen LogP contribution in [0.4, 0.5) is 0 Å². The van der Waals surface area contributed by atoms with Gasteiger partial charge in [0.15, 0.2) is 0 Å². The lowest BCUT2D eigenvalue weighted by atomic mass is 9.71. The van der Waals surface area contributed by atoms with Crippen molar-refractivity contribution in [3.8, 4) is 0 Å². The zero-order valence-corrected chi connectivity index (χ0v) is 12.7. The van der Waals surface area contributed by atoms with Crippen LogP contribution in [0, 0.1) is 5.41 Å². The maximum atomic E-state index is 10.5. The van der Waals surface area contributed by atoms with E-state index in [9.17, 15) is 5.11 Å². The van der Waals surface area contributed by atoms with Crippen LogP contribution in [0.5, 0.6) is 0 Å². The molecule has 2 N–H and O–H groups in total. The van der Waals surface area contributed by atoms with E-state index in [2.05, 4.69) is 19.2 Å². The summed E-state index contributed by atoms with van der Waals surface area (Å²) in [6.07, 6.45) is 4.02. The van der Waals surface area contributed by atoms with E-state index in [1.807, 2.05) is 11.4 Å². The molecule has 2 nitrogen and oxygen atoms in total. The normalized spacial score (nSPS) is 22.0. The zero-order valence-electron chi connectivity index (χ0n) is 11.1. The Morgan fingerprint density at radius 2 is 2.00 bits per heavy atom. The van der Waals surface area contributed by atoms with E-state index in [1.54, 1.807) is 11.3 Å². The molecule has 102 valence electrons. The molecule has 0 unspecified atom stereocenters. The van der Waals surface area contributed by atoms with Crippen LogP contribution in [0.2, 0.25) is 5.02 Å². The third kappa shape index (κ3) is 3.95. The number of thiophene rings is 1. The summed E-state index contributed by atoms with van der Waals surface area (Å²) >= 11 is 7.54. The van der Waals surface area contributed by atoms with Gasteiger partial charge < -0.3 is 10.4 Å². The molecule has 1 aromatic rings. The first-order valence-electron chi connectivity index (χ1n) is 6.55. The number of hydrogen-bond acceptors (Lipinski definition) is 3. The third-order valence-corrected chi connectivity index (χ3v) is 5.19. The van der Waals surface area contributed by atoms with Gasteiger partial charge in [-0.1, -0.05) is 25.4 Å². The average Bonchev–Trinajstić information content (AvgIpc) is 2.70. The molecule has 0 spiro atoms. The molecule has 0 aromatic carbocycles. The molecule has 0 amide bonds. The van der Waals surface area contributed by atoms with E-state index >= 15 is 0 Å². The molecule has 1 aliphatic rings. The second kappa shape index (κ2) is 5.49. The highest BCUT2D eigenvalue weighted by molar-refractivity contribution is 7.10. The number of hydrogen-bond donors (Lipinski definition) is 2. The SMILES string of the molecule is CC1(C)CCC(O)(CNCc2cc(Cl)cs2)CC1. The van der Waals surface area contributed by atoms with Crippen LogP contribution in [0.25, 0.3) is 0 Å². The molecule has 0 saturated heterocycles. The summed E-state index contributed by atoms with van der Waals surface area (Å²) in [5.41, 5.74) is -0.121. The van der Waals surface area contributed by atoms with Gasteiger partial charge in [-0.05, 0) is 37.2 Å². The van der Waals surface area contributed by atoms with Crippen LogP contribution in [-0.4, -0.2) is 17.3 Å². The number of nitrogens with one attached hydrogen (secondary N) is 1. The summed E-state index contributed by atoms with van der Waals surface area (Å²) in [6.45, 7) is 6.04. The van der Waals surface area contributed by atoms with Gasteiger partial charge in [0.05, 0.1) is 10.6 Å². The maximum Gasteiger partial charge on any atom is 0.0772 e. The molecular formula is C14H22ClNOS. The molecule has 2 rings (SSSR count). The summed E-state index contributed by atoms with van der Waals surface area (Å²) in [5, 5.41) is 16.6. The van der Waals surface area contributed by atoms with Crippen LogP contribution in [0.15, 0.2) is 11.4 Å². The highest BCUT2D eigenvalue weighted by Gasteiger charge is 2.36. The molecule has 1 saturated carbocycles. The fraction of sp³-hybridized carbons (Fsp3) is 0.714. The van der Waals surface area contributed by atoms with Crippen molar-refractivity contribution in [3.05, 3.63) is 21.3 Å². The first kappa shape index (κ1) is 14.3. The lowest BCUT2D eigenvalue weighted by molar-refractivity contribution is -0.0244. The first-order valence-corrected chi connectivity index (χ1v) is 7.80. The Morgan fingerprint density at radius 1 is 1.33 bits per heavy atom. The highest BCUT2D eigenvalue weighted by Crippen LogP contribution is 2.39. The van der Waals surface area contributed by atoms with E-state index in [-0.39, 0.29) is 0 Å². The van der Waals surface area contributed by atoms with Gasteiger partial charge in [-0.2, -0.15) is 0 Å². The number of rotatable bonds is 4. The van der Waals surface area contributed by atoms with Gasteiger partial charge in [0.2, 0.25) is 0 Å². The van der Waals surface area contributed by atoms with Gasteiger partial charge in [-0.15, -0.1) is 11.3 Å². The lowest BCUT2D eigenvalue weighted by Crippen LogP contribution is -2.44. The van der Waals surface area contributed by atoms with Gasteiger partial charge in [-0.3, -0.25) is 0 Å². The summed E-state index contributed by atoms with van der Waals surface area (Å²) in [6, 6.07) is 1.98. The van der Waals surface area contributed by atoms with Gasteiger partial charge in [-0.25, -0.2) is 0 Å². The molecule has 1 heterocycles. The number of aliphatic hydroxyl groups is 1. The standard InChI is InChI=1S/C14H22ClNOS/c1-13(2)3-5-14(17,6-4-13)10-16-8-12-7-11(15)9-18-12/h7,9,16-17H,3-6,8,10H2,1-2H3. The van der Waals surface area contributed by atoms with Gasteiger partial charge in [0.1, 0.15) is 0 Å². The van der Waals surface area contributed by atoms with E-state index < -0.39 is 5.60 Å². The minimum atomic E-state index is -0.517. The van der Waals surface area contributed by atoms with Crippen molar-refractivity contribution in [1.29, 1.82) is 0 Å². The van der Waals surface area contributed by atoms with Crippen LogP contribution in [0.1, 0.15) is 44.4 Å². The van der Waals surface area contributed by atoms with Gasteiger partial charge >= 0.3 is 0 Å². The summed E-state index contributed by atoms with van der Waals surface area (Å²) in [5.74, 6) is 0. The molecule has 1 fully saturated rings. The van der Waals surface area contributed by atoms with E-state index in [4.69, 9.17) is 11.6 Å². The van der Waals surface area contributed by atoms with Gasteiger partial charge in [0, 0.05) is 23.3 Å². The summed E-state index contributed by atoms with van der Waals surface area (Å²) in [7, 11) is 0. The zero-order chi connectivity index (χ0) is 13.2. The lowest BCUT2D eigenvalue weighted by Gasteiger charge is -2.40. The summed E-state index contributed by atoms with van der Waals surface area (Å²) in [4.78, 5) is 1.22. The summed E-state index contributed by atoms with van der Waals surface area (Å²) < 4.78 is 0. The fourth-order valence-corrected chi connectivity index (χ4v) is 3.48. The van der Waals surface area contributed by atoms with Crippen molar-refractivity contribution in [2.75, 3.05) is 6.54 Å². The molecule has 0 aliphatic heterocycles. The molecule has 1 aromatic heterocycles. The molecule has 4 heteroatoms. The van der Waals surface area contributed by atoms with Crippen molar-refractivity contribution in [1.82, 2.24) is 5.32 Å². The second-order valence-electron chi connectivity index (χ2n) is 6.22. The Hall–Kier alpha value is -0.0900. The molecule has 0 atom stereocenters. The predicted octanol–water partition coefficient (Wildman–Crippen LogP) is 3.82. The van der Waals surface area contributed by atoms with Crippen LogP contribution in [0.3, 0.4) is 0 Å². The highest BCUT2D eigenvalue weighted by atomic mass is 35.5. The Labute approximate surface area is 118 Å². The average molecular weight is 288 g/mol. The minimum absolute atomic E-state index is 0.396.